The molecule has 0 bridgehead atoms. The molecule has 1 atom stereocenters. The zero-order chi connectivity index (χ0) is 18.4. The van der Waals surface area contributed by atoms with Gasteiger partial charge in [-0.3, -0.25) is 4.79 Å². The van der Waals surface area contributed by atoms with Crippen LogP contribution in [0, 0.1) is 0 Å². The van der Waals surface area contributed by atoms with Gasteiger partial charge in [0.05, 0.1) is 0 Å². The molecule has 0 fully saturated rings. The van der Waals surface area contributed by atoms with E-state index >= 15 is 0 Å². The van der Waals surface area contributed by atoms with E-state index in [1.54, 1.807) is 0 Å². The van der Waals surface area contributed by atoms with Gasteiger partial charge in [-0.2, -0.15) is 0 Å². The summed E-state index contributed by atoms with van der Waals surface area (Å²) in [5.41, 5.74) is 7.17. The second-order valence-electron chi connectivity index (χ2n) is 5.98. The number of nitrogens with one attached hydrogen (secondary N) is 2. The Bertz CT molecular complexity index is 780. The van der Waals surface area contributed by atoms with Gasteiger partial charge in [-0.15, -0.1) is 0 Å². The molecule has 2 aromatic rings. The van der Waals surface area contributed by atoms with Gasteiger partial charge in [-0.05, 0) is 29.7 Å². The first-order valence-electron chi connectivity index (χ1n) is 8.38. The van der Waals surface area contributed by atoms with Gasteiger partial charge in [0.25, 0.3) is 0 Å². The molecule has 0 aromatic heterocycles. The maximum atomic E-state index is 12.4. The van der Waals surface area contributed by atoms with Gasteiger partial charge in [-0.25, -0.2) is 4.79 Å². The topological polar surface area (TPSA) is 103 Å². The minimum Gasteiger partial charge on any atom is -0.454 e. The van der Waals surface area contributed by atoms with Crippen molar-refractivity contribution in [3.8, 4) is 11.5 Å². The van der Waals surface area contributed by atoms with Crippen LogP contribution in [-0.2, 0) is 17.6 Å². The number of carbonyl (C=O) groups is 2. The van der Waals surface area contributed by atoms with Gasteiger partial charge in [0.2, 0.25) is 12.7 Å². The Hall–Kier alpha value is -3.22. The third kappa shape index (κ3) is 4.66. The third-order valence-electron chi connectivity index (χ3n) is 4.07. The summed E-state index contributed by atoms with van der Waals surface area (Å²) in [5.74, 6) is 1.17. The summed E-state index contributed by atoms with van der Waals surface area (Å²) in [6.07, 6.45) is 1.01. The largest absolute Gasteiger partial charge is 0.454 e. The molecule has 136 valence electrons. The molecule has 1 aliphatic rings. The van der Waals surface area contributed by atoms with Crippen LogP contribution in [0.15, 0.2) is 48.5 Å². The molecule has 7 nitrogen and oxygen atoms in total. The summed E-state index contributed by atoms with van der Waals surface area (Å²) in [7, 11) is 0. The summed E-state index contributed by atoms with van der Waals surface area (Å²) < 4.78 is 10.6. The normalized spacial score (nSPS) is 13.1. The van der Waals surface area contributed by atoms with E-state index < -0.39 is 12.1 Å². The van der Waals surface area contributed by atoms with Crippen molar-refractivity contribution < 1.29 is 19.1 Å². The number of benzene rings is 2. The van der Waals surface area contributed by atoms with Crippen molar-refractivity contribution >= 4 is 11.9 Å². The van der Waals surface area contributed by atoms with Crippen LogP contribution in [0.4, 0.5) is 4.79 Å². The highest BCUT2D eigenvalue weighted by molar-refractivity contribution is 5.86. The molecule has 4 N–H and O–H groups in total. The van der Waals surface area contributed by atoms with Crippen LogP contribution in [0.3, 0.4) is 0 Å². The number of hydrogen-bond acceptors (Lipinski definition) is 4. The number of urea groups is 1. The van der Waals surface area contributed by atoms with E-state index in [4.69, 9.17) is 15.2 Å². The highest BCUT2D eigenvalue weighted by atomic mass is 16.7. The monoisotopic (exact) mass is 355 g/mol. The molecule has 1 heterocycles. The Labute approximate surface area is 151 Å². The Morgan fingerprint density at radius 1 is 1.04 bits per heavy atom. The molecule has 0 unspecified atom stereocenters. The van der Waals surface area contributed by atoms with E-state index in [2.05, 4.69) is 10.6 Å². The number of carbonyl (C=O) groups excluding carboxylic acids is 2. The van der Waals surface area contributed by atoms with Crippen LogP contribution in [0.25, 0.3) is 0 Å². The number of primary amides is 1. The number of nitrogens with two attached hydrogens (primary N) is 1. The summed E-state index contributed by atoms with van der Waals surface area (Å²) in [4.78, 5) is 23.6. The molecular weight excluding hydrogens is 334 g/mol. The fourth-order valence-electron chi connectivity index (χ4n) is 2.78. The number of fused-ring (bicyclic) bond motifs is 1. The lowest BCUT2D eigenvalue weighted by Gasteiger charge is -2.17. The Morgan fingerprint density at radius 3 is 2.58 bits per heavy atom. The molecule has 0 saturated heterocycles. The predicted octanol–water partition coefficient (Wildman–Crippen LogP) is 1.35. The molecule has 1 aliphatic heterocycles. The Kier molecular flexibility index (Phi) is 5.58. The first-order chi connectivity index (χ1) is 12.6. The molecule has 0 radical (unpaired) electrons. The van der Waals surface area contributed by atoms with Crippen LogP contribution in [0.2, 0.25) is 0 Å². The fourth-order valence-corrected chi connectivity index (χ4v) is 2.78. The van der Waals surface area contributed by atoms with Crippen molar-refractivity contribution in [1.29, 1.82) is 0 Å². The first-order valence-corrected chi connectivity index (χ1v) is 8.38. The Morgan fingerprint density at radius 2 is 1.81 bits per heavy atom. The number of amides is 3. The summed E-state index contributed by atoms with van der Waals surface area (Å²) >= 11 is 0. The van der Waals surface area contributed by atoms with E-state index in [-0.39, 0.29) is 12.7 Å². The average molecular weight is 355 g/mol. The second kappa shape index (κ2) is 8.24. The zero-order valence-electron chi connectivity index (χ0n) is 14.2. The van der Waals surface area contributed by atoms with Gasteiger partial charge in [0.15, 0.2) is 11.5 Å². The molecule has 26 heavy (non-hydrogen) atoms. The predicted molar refractivity (Wildman–Crippen MR) is 95.9 cm³/mol. The molecule has 3 rings (SSSR count). The first kappa shape index (κ1) is 17.6. The molecular formula is C19H21N3O4. The van der Waals surface area contributed by atoms with Gasteiger partial charge in [0, 0.05) is 13.0 Å². The van der Waals surface area contributed by atoms with Crippen LogP contribution >= 0.6 is 0 Å². The van der Waals surface area contributed by atoms with Gasteiger partial charge >= 0.3 is 6.03 Å². The van der Waals surface area contributed by atoms with E-state index in [1.807, 2.05) is 48.5 Å². The van der Waals surface area contributed by atoms with Crippen molar-refractivity contribution in [3.63, 3.8) is 0 Å². The summed E-state index contributed by atoms with van der Waals surface area (Å²) in [5, 5.41) is 5.34. The fraction of sp³-hybridized carbons (Fsp3) is 0.263. The number of hydrogen-bond donors (Lipinski definition) is 3. The standard InChI is InChI=1S/C19H21N3O4/c20-19(24)22-15(10-13-4-2-1-3-5-13)18(23)21-9-8-14-6-7-16-17(11-14)26-12-25-16/h1-7,11,15H,8-10,12H2,(H,21,23)(H3,20,22,24)/t15-/m1/s1. The van der Waals surface area contributed by atoms with Crippen molar-refractivity contribution in [1.82, 2.24) is 10.6 Å². The van der Waals surface area contributed by atoms with Crippen molar-refractivity contribution in [2.24, 2.45) is 5.73 Å². The van der Waals surface area contributed by atoms with E-state index in [9.17, 15) is 9.59 Å². The summed E-state index contributed by atoms with van der Waals surface area (Å²) in [6.45, 7) is 0.666. The van der Waals surface area contributed by atoms with E-state index in [1.165, 1.54) is 0 Å². The van der Waals surface area contributed by atoms with Crippen molar-refractivity contribution in [2.75, 3.05) is 13.3 Å². The van der Waals surface area contributed by atoms with E-state index in [0.717, 1.165) is 16.9 Å². The molecule has 7 heteroatoms. The lowest BCUT2D eigenvalue weighted by atomic mass is 10.1. The number of rotatable bonds is 7. The smallest absolute Gasteiger partial charge is 0.312 e. The van der Waals surface area contributed by atoms with Gasteiger partial charge in [-0.1, -0.05) is 36.4 Å². The lowest BCUT2D eigenvalue weighted by Crippen LogP contribution is -2.50. The third-order valence-corrected chi connectivity index (χ3v) is 4.07. The quantitative estimate of drug-likeness (QED) is 0.698. The van der Waals surface area contributed by atoms with Crippen LogP contribution in [0.5, 0.6) is 11.5 Å². The SMILES string of the molecule is NC(=O)N[C@H](Cc1ccccc1)C(=O)NCCc1ccc2c(c1)OCO2. The van der Waals surface area contributed by atoms with Crippen molar-refractivity contribution in [2.45, 2.75) is 18.9 Å². The van der Waals surface area contributed by atoms with Crippen LogP contribution < -0.4 is 25.8 Å². The van der Waals surface area contributed by atoms with Gasteiger partial charge in [0.1, 0.15) is 6.04 Å². The van der Waals surface area contributed by atoms with Crippen molar-refractivity contribution in [3.05, 3.63) is 59.7 Å². The molecule has 0 aliphatic carbocycles. The molecule has 0 saturated carbocycles. The minimum atomic E-state index is -0.725. The second-order valence-corrected chi connectivity index (χ2v) is 5.98. The zero-order valence-corrected chi connectivity index (χ0v) is 14.2. The minimum absolute atomic E-state index is 0.232. The summed E-state index contributed by atoms with van der Waals surface area (Å²) in [6, 6.07) is 13.7. The highest BCUT2D eigenvalue weighted by Crippen LogP contribution is 2.32. The molecule has 3 amide bonds. The van der Waals surface area contributed by atoms with Crippen LogP contribution in [-0.4, -0.2) is 31.3 Å². The lowest BCUT2D eigenvalue weighted by molar-refractivity contribution is -0.122. The average Bonchev–Trinajstić information content (AvgIpc) is 3.09. The maximum Gasteiger partial charge on any atom is 0.312 e. The molecule has 2 aromatic carbocycles. The molecule has 0 spiro atoms. The van der Waals surface area contributed by atoms with E-state index in [0.29, 0.717) is 25.1 Å². The van der Waals surface area contributed by atoms with Crippen LogP contribution in [0.1, 0.15) is 11.1 Å². The maximum absolute atomic E-state index is 12.4. The highest BCUT2D eigenvalue weighted by Gasteiger charge is 2.20. The van der Waals surface area contributed by atoms with Gasteiger partial charge < -0.3 is 25.8 Å². The number of ether oxygens (including phenoxy) is 2. The Balaban J connectivity index is 1.54.